The van der Waals surface area contributed by atoms with Crippen molar-refractivity contribution in [1.29, 1.82) is 0 Å². The Bertz CT molecular complexity index is 785. The van der Waals surface area contributed by atoms with Crippen LogP contribution in [0.25, 0.3) is 0 Å². The first-order chi connectivity index (χ1) is 12.0. The Morgan fingerprint density at radius 2 is 2.08 bits per heavy atom. The van der Waals surface area contributed by atoms with Crippen LogP contribution in [0.2, 0.25) is 5.02 Å². The molecular formula is C17H17ClN2O5. The molecule has 1 heterocycles. The quantitative estimate of drug-likeness (QED) is 0.480. The van der Waals surface area contributed by atoms with Crippen molar-refractivity contribution in [2.75, 3.05) is 6.61 Å². The maximum atomic E-state index is 12.8. The van der Waals surface area contributed by atoms with Gasteiger partial charge in [-0.15, -0.1) is 0 Å². The highest BCUT2D eigenvalue weighted by Gasteiger charge is 2.36. The molecule has 0 saturated carbocycles. The summed E-state index contributed by atoms with van der Waals surface area (Å²) in [4.78, 5) is 10.6. The summed E-state index contributed by atoms with van der Waals surface area (Å²) in [7, 11) is 0. The number of rotatable bonds is 5. The van der Waals surface area contributed by atoms with Gasteiger partial charge in [0.25, 0.3) is 5.69 Å². The summed E-state index contributed by atoms with van der Waals surface area (Å²) in [5.74, 6) is 0.440. The second kappa shape index (κ2) is 7.37. The monoisotopic (exact) mass is 364 g/mol. The summed E-state index contributed by atoms with van der Waals surface area (Å²) in [5.41, 5.74) is 1.26. The van der Waals surface area contributed by atoms with Crippen LogP contribution in [-0.4, -0.2) is 22.9 Å². The van der Waals surface area contributed by atoms with Crippen LogP contribution in [0, 0.1) is 15.3 Å². The van der Waals surface area contributed by atoms with Gasteiger partial charge in [-0.2, -0.15) is 0 Å². The molecular weight excluding hydrogens is 348 g/mol. The van der Waals surface area contributed by atoms with E-state index in [1.54, 1.807) is 18.2 Å². The molecule has 0 spiro atoms. The van der Waals surface area contributed by atoms with Crippen molar-refractivity contribution < 1.29 is 19.8 Å². The van der Waals surface area contributed by atoms with Gasteiger partial charge in [-0.3, -0.25) is 10.1 Å². The number of nitro groups is 1. The first kappa shape index (κ1) is 17.6. The molecule has 0 bridgehead atoms. The zero-order valence-electron chi connectivity index (χ0n) is 13.2. The van der Waals surface area contributed by atoms with Crippen LogP contribution in [0.5, 0.6) is 5.75 Å². The smallest absolute Gasteiger partial charge is 0.270 e. The van der Waals surface area contributed by atoms with Crippen molar-refractivity contribution in [2.45, 2.75) is 25.1 Å². The molecule has 0 radical (unpaired) electrons. The van der Waals surface area contributed by atoms with Gasteiger partial charge in [-0.05, 0) is 23.8 Å². The van der Waals surface area contributed by atoms with Gasteiger partial charge in [0.1, 0.15) is 11.8 Å². The summed E-state index contributed by atoms with van der Waals surface area (Å²) in [5, 5.41) is 33.4. The number of aliphatic hydroxyl groups excluding tert-OH is 1. The summed E-state index contributed by atoms with van der Waals surface area (Å²) < 4.78 is 5.65. The summed E-state index contributed by atoms with van der Waals surface area (Å²) in [6, 6.07) is 10.8. The molecule has 1 aliphatic rings. The van der Waals surface area contributed by atoms with Crippen molar-refractivity contribution in [1.82, 2.24) is 0 Å². The van der Waals surface area contributed by atoms with Crippen molar-refractivity contribution in [2.24, 2.45) is 0 Å². The average molecular weight is 365 g/mol. The number of fused-ring (bicyclic) bond motifs is 1. The summed E-state index contributed by atoms with van der Waals surface area (Å²) in [6.45, 7) is -0.178. The van der Waals surface area contributed by atoms with E-state index in [2.05, 4.69) is 0 Å². The Morgan fingerprint density at radius 1 is 1.28 bits per heavy atom. The molecule has 2 aromatic carbocycles. The minimum Gasteiger partial charge on any atom is -0.631 e. The summed E-state index contributed by atoms with van der Waals surface area (Å²) >= 11 is 6.01. The standard InChI is InChI=1S/C17H17ClN2O5/c18-12-3-1-2-11(8-12)9-15-14-10-13(20(23)24)4-5-16(14)25-17(6-7-21)19(15)22/h1-5,8,10,15,17,19,21H,6-7,9H2. The van der Waals surface area contributed by atoms with Gasteiger partial charge < -0.3 is 20.1 Å². The number of ether oxygens (including phenoxy) is 1. The lowest BCUT2D eigenvalue weighted by molar-refractivity contribution is -0.931. The number of aliphatic hydroxyl groups is 1. The lowest BCUT2D eigenvalue weighted by Crippen LogP contribution is -3.13. The second-order valence-corrected chi connectivity index (χ2v) is 6.32. The largest absolute Gasteiger partial charge is 0.631 e. The Hall–Kier alpha value is -2.19. The van der Waals surface area contributed by atoms with Crippen LogP contribution >= 0.6 is 11.6 Å². The fraction of sp³-hybridized carbons (Fsp3) is 0.294. The number of nitrogens with one attached hydrogen (secondary N) is 1. The third kappa shape index (κ3) is 3.74. The molecule has 132 valence electrons. The van der Waals surface area contributed by atoms with E-state index in [0.717, 1.165) is 5.56 Å². The molecule has 1 aliphatic heterocycles. The lowest BCUT2D eigenvalue weighted by Gasteiger charge is -2.42. The number of nitrogens with zero attached hydrogens (tertiary/aromatic N) is 1. The molecule has 25 heavy (non-hydrogen) atoms. The minimum absolute atomic E-state index is 0.0909. The molecule has 2 aromatic rings. The SMILES string of the molecule is O=[N+]([O-])c1ccc2c(c1)C(Cc1cccc(Cl)c1)[NH+]([O-])C(CCO)O2. The van der Waals surface area contributed by atoms with E-state index in [1.807, 2.05) is 6.07 Å². The molecule has 3 atom stereocenters. The second-order valence-electron chi connectivity index (χ2n) is 5.89. The highest BCUT2D eigenvalue weighted by Crippen LogP contribution is 2.33. The maximum Gasteiger partial charge on any atom is 0.270 e. The van der Waals surface area contributed by atoms with Crippen LogP contribution in [-0.2, 0) is 6.42 Å². The van der Waals surface area contributed by atoms with E-state index < -0.39 is 17.2 Å². The molecule has 0 amide bonds. The third-order valence-electron chi connectivity index (χ3n) is 4.23. The van der Waals surface area contributed by atoms with Crippen LogP contribution in [0.15, 0.2) is 42.5 Å². The average Bonchev–Trinajstić information content (AvgIpc) is 2.58. The number of benzene rings is 2. The van der Waals surface area contributed by atoms with Gasteiger partial charge in [-0.1, -0.05) is 23.7 Å². The lowest BCUT2D eigenvalue weighted by atomic mass is 9.95. The Labute approximate surface area is 149 Å². The molecule has 0 aliphatic carbocycles. The molecule has 0 fully saturated rings. The predicted octanol–water partition coefficient (Wildman–Crippen LogP) is 2.02. The number of hydrogen-bond donors (Lipinski definition) is 2. The zero-order valence-corrected chi connectivity index (χ0v) is 14.0. The number of halogens is 1. The summed E-state index contributed by atoms with van der Waals surface area (Å²) in [6.07, 6.45) is -0.219. The van der Waals surface area contributed by atoms with E-state index in [4.69, 9.17) is 16.3 Å². The molecule has 8 heteroatoms. The maximum absolute atomic E-state index is 12.8. The van der Waals surface area contributed by atoms with E-state index in [0.29, 0.717) is 22.8 Å². The van der Waals surface area contributed by atoms with Crippen LogP contribution < -0.4 is 9.80 Å². The molecule has 0 aromatic heterocycles. The highest BCUT2D eigenvalue weighted by atomic mass is 35.5. The number of nitro benzene ring substituents is 1. The molecule has 0 saturated heterocycles. The van der Waals surface area contributed by atoms with Crippen molar-refractivity contribution >= 4 is 17.3 Å². The first-order valence-corrected chi connectivity index (χ1v) is 8.21. The number of hydrogen-bond acceptors (Lipinski definition) is 5. The van der Waals surface area contributed by atoms with E-state index >= 15 is 0 Å². The topological polar surface area (TPSA) is 100 Å². The van der Waals surface area contributed by atoms with Crippen LogP contribution in [0.1, 0.15) is 23.6 Å². The molecule has 7 nitrogen and oxygen atoms in total. The van der Waals surface area contributed by atoms with Gasteiger partial charge in [0.05, 0.1) is 23.5 Å². The van der Waals surface area contributed by atoms with Crippen molar-refractivity contribution in [3.8, 4) is 5.75 Å². The first-order valence-electron chi connectivity index (χ1n) is 7.83. The number of non-ortho nitro benzene ring substituents is 1. The van der Waals surface area contributed by atoms with Crippen LogP contribution in [0.4, 0.5) is 5.69 Å². The van der Waals surface area contributed by atoms with Crippen LogP contribution in [0.3, 0.4) is 0 Å². The van der Waals surface area contributed by atoms with E-state index in [-0.39, 0.29) is 23.8 Å². The highest BCUT2D eigenvalue weighted by molar-refractivity contribution is 6.30. The number of quaternary nitrogens is 1. The molecule has 2 N–H and O–H groups in total. The Balaban J connectivity index is 2.01. The number of hydroxylamine groups is 2. The fourth-order valence-corrected chi connectivity index (χ4v) is 3.26. The van der Waals surface area contributed by atoms with Gasteiger partial charge >= 0.3 is 0 Å². The van der Waals surface area contributed by atoms with Gasteiger partial charge in [0, 0.05) is 23.6 Å². The fourth-order valence-electron chi connectivity index (χ4n) is 3.05. The molecule has 3 rings (SSSR count). The van der Waals surface area contributed by atoms with Gasteiger partial charge in [0.15, 0.2) is 0 Å². The van der Waals surface area contributed by atoms with Crippen molar-refractivity contribution in [3.63, 3.8) is 0 Å². The van der Waals surface area contributed by atoms with Gasteiger partial charge in [0.2, 0.25) is 6.23 Å². The van der Waals surface area contributed by atoms with Gasteiger partial charge in [-0.25, -0.2) is 0 Å². The zero-order chi connectivity index (χ0) is 18.0. The predicted molar refractivity (Wildman–Crippen MR) is 91.4 cm³/mol. The Morgan fingerprint density at radius 3 is 2.76 bits per heavy atom. The third-order valence-corrected chi connectivity index (χ3v) is 4.46. The van der Waals surface area contributed by atoms with E-state index in [9.17, 15) is 20.4 Å². The van der Waals surface area contributed by atoms with Crippen molar-refractivity contribution in [3.05, 3.63) is 73.9 Å². The molecule has 3 unspecified atom stereocenters. The minimum atomic E-state index is -0.761. The normalized spacial score (nSPS) is 22.1. The van der Waals surface area contributed by atoms with E-state index in [1.165, 1.54) is 18.2 Å². The Kier molecular flexibility index (Phi) is 5.19.